The Bertz CT molecular complexity index is 431. The monoisotopic (exact) mass is 247 g/mol. The molecule has 4 nitrogen and oxygen atoms in total. The maximum absolute atomic E-state index is 7.20. The maximum atomic E-state index is 7.20. The van der Waals surface area contributed by atoms with Crippen LogP contribution in [0.15, 0.2) is 18.2 Å². The molecule has 0 unspecified atom stereocenters. The Hall–Kier alpha value is -1.55. The molecule has 0 aliphatic carbocycles. The molecule has 0 atom stereocenters. The lowest BCUT2D eigenvalue weighted by Gasteiger charge is -2.16. The van der Waals surface area contributed by atoms with E-state index >= 15 is 0 Å². The average molecular weight is 247 g/mol. The summed E-state index contributed by atoms with van der Waals surface area (Å²) in [5, 5.41) is 7.20. The van der Waals surface area contributed by atoms with E-state index in [9.17, 15) is 0 Å². The van der Waals surface area contributed by atoms with Gasteiger partial charge in [0.05, 0.1) is 12.4 Å². The number of nitrogens with one attached hydrogen (secondary N) is 1. The minimum atomic E-state index is 0.261. The van der Waals surface area contributed by atoms with Crippen LogP contribution in [-0.2, 0) is 12.8 Å². The molecule has 0 amide bonds. The van der Waals surface area contributed by atoms with Gasteiger partial charge in [-0.25, -0.2) is 0 Å². The van der Waals surface area contributed by atoms with Crippen LogP contribution in [0.25, 0.3) is 0 Å². The Balaban J connectivity index is 1.81. The second-order valence-corrected chi connectivity index (χ2v) is 4.87. The van der Waals surface area contributed by atoms with Crippen LogP contribution in [0.4, 0.5) is 0 Å². The van der Waals surface area contributed by atoms with E-state index in [0.29, 0.717) is 6.42 Å². The molecule has 0 radical (unpaired) electrons. The number of hydrogen-bond donors (Lipinski definition) is 2. The van der Waals surface area contributed by atoms with E-state index in [2.05, 4.69) is 30.1 Å². The van der Waals surface area contributed by atoms with Gasteiger partial charge in [0, 0.05) is 25.9 Å². The zero-order chi connectivity index (χ0) is 13.0. The Kier molecular flexibility index (Phi) is 4.20. The van der Waals surface area contributed by atoms with E-state index in [4.69, 9.17) is 15.9 Å². The predicted molar refractivity (Wildman–Crippen MR) is 73.4 cm³/mol. The van der Waals surface area contributed by atoms with Gasteiger partial charge in [-0.2, -0.15) is 0 Å². The van der Waals surface area contributed by atoms with Gasteiger partial charge in [0.15, 0.2) is 0 Å². The van der Waals surface area contributed by atoms with Gasteiger partial charge in [-0.1, -0.05) is 12.1 Å². The second-order valence-electron chi connectivity index (χ2n) is 4.87. The summed E-state index contributed by atoms with van der Waals surface area (Å²) in [6, 6.07) is 6.47. The molecule has 18 heavy (non-hydrogen) atoms. The highest BCUT2D eigenvalue weighted by Crippen LogP contribution is 2.25. The molecular weight excluding hydrogens is 226 g/mol. The van der Waals surface area contributed by atoms with Crippen molar-refractivity contribution in [1.29, 1.82) is 5.41 Å². The van der Waals surface area contributed by atoms with Gasteiger partial charge in [0.2, 0.25) is 0 Å². The Morgan fingerprint density at radius 1 is 1.44 bits per heavy atom. The van der Waals surface area contributed by atoms with Gasteiger partial charge in [-0.05, 0) is 30.7 Å². The molecule has 98 valence electrons. The van der Waals surface area contributed by atoms with Crippen molar-refractivity contribution < 1.29 is 4.74 Å². The summed E-state index contributed by atoms with van der Waals surface area (Å²) in [4.78, 5) is 2.21. The normalized spacial score (nSPS) is 13.4. The second kappa shape index (κ2) is 5.87. The Morgan fingerprint density at radius 2 is 2.28 bits per heavy atom. The fourth-order valence-corrected chi connectivity index (χ4v) is 2.14. The summed E-state index contributed by atoms with van der Waals surface area (Å²) in [7, 11) is 2.07. The highest BCUT2D eigenvalue weighted by Gasteiger charge is 2.12. The van der Waals surface area contributed by atoms with Gasteiger partial charge >= 0.3 is 0 Å². The molecule has 4 heteroatoms. The lowest BCUT2D eigenvalue weighted by molar-refractivity contribution is 0.348. The van der Waals surface area contributed by atoms with Crippen LogP contribution in [-0.4, -0.2) is 37.5 Å². The van der Waals surface area contributed by atoms with Crippen molar-refractivity contribution in [3.63, 3.8) is 0 Å². The van der Waals surface area contributed by atoms with Crippen LogP contribution in [0.5, 0.6) is 5.75 Å². The van der Waals surface area contributed by atoms with E-state index in [1.807, 2.05) is 0 Å². The SMILES string of the molecule is CN(CCC(=N)N)CCc1ccc2c(c1)CCO2. The number of nitrogens with zero attached hydrogens (tertiary/aromatic N) is 1. The minimum absolute atomic E-state index is 0.261. The summed E-state index contributed by atoms with van der Waals surface area (Å²) < 4.78 is 5.50. The van der Waals surface area contributed by atoms with Gasteiger partial charge in [-0.3, -0.25) is 5.41 Å². The van der Waals surface area contributed by atoms with Crippen LogP contribution in [0.3, 0.4) is 0 Å². The first-order chi connectivity index (χ1) is 8.65. The molecule has 0 saturated carbocycles. The quantitative estimate of drug-likeness (QED) is 0.590. The van der Waals surface area contributed by atoms with Crippen LogP contribution < -0.4 is 10.5 Å². The first-order valence-corrected chi connectivity index (χ1v) is 6.41. The van der Waals surface area contributed by atoms with Gasteiger partial charge in [0.1, 0.15) is 5.75 Å². The van der Waals surface area contributed by atoms with Crippen LogP contribution in [0.1, 0.15) is 17.5 Å². The number of fused-ring (bicyclic) bond motifs is 1. The fourth-order valence-electron chi connectivity index (χ4n) is 2.14. The lowest BCUT2D eigenvalue weighted by atomic mass is 10.1. The van der Waals surface area contributed by atoms with Crippen molar-refractivity contribution in [2.24, 2.45) is 5.73 Å². The third kappa shape index (κ3) is 3.47. The van der Waals surface area contributed by atoms with E-state index in [1.165, 1.54) is 11.1 Å². The molecule has 1 aliphatic rings. The van der Waals surface area contributed by atoms with Crippen LogP contribution in [0, 0.1) is 5.41 Å². The van der Waals surface area contributed by atoms with Crippen molar-refractivity contribution in [1.82, 2.24) is 4.90 Å². The Morgan fingerprint density at radius 3 is 3.06 bits per heavy atom. The van der Waals surface area contributed by atoms with Gasteiger partial charge < -0.3 is 15.4 Å². The third-order valence-electron chi connectivity index (χ3n) is 3.30. The number of rotatable bonds is 6. The summed E-state index contributed by atoms with van der Waals surface area (Å²) in [5.41, 5.74) is 8.04. The van der Waals surface area contributed by atoms with Crippen molar-refractivity contribution in [2.45, 2.75) is 19.3 Å². The molecule has 1 aromatic carbocycles. The Labute approximate surface area is 108 Å². The standard InChI is InChI=1S/C14H21N3O/c1-17(8-5-14(15)16)7-4-11-2-3-13-12(10-11)6-9-18-13/h2-3,10H,4-9H2,1H3,(H3,15,16). The van der Waals surface area contributed by atoms with Crippen LogP contribution >= 0.6 is 0 Å². The molecule has 3 N–H and O–H groups in total. The molecule has 2 rings (SSSR count). The third-order valence-corrected chi connectivity index (χ3v) is 3.30. The molecule has 1 aliphatic heterocycles. The smallest absolute Gasteiger partial charge is 0.122 e. The highest BCUT2D eigenvalue weighted by molar-refractivity contribution is 5.76. The van der Waals surface area contributed by atoms with Crippen molar-refractivity contribution in [3.8, 4) is 5.75 Å². The molecule has 0 spiro atoms. The van der Waals surface area contributed by atoms with Crippen LogP contribution in [0.2, 0.25) is 0 Å². The van der Waals surface area contributed by atoms with Gasteiger partial charge in [-0.15, -0.1) is 0 Å². The maximum Gasteiger partial charge on any atom is 0.122 e. The largest absolute Gasteiger partial charge is 0.493 e. The van der Waals surface area contributed by atoms with Gasteiger partial charge in [0.25, 0.3) is 0 Å². The molecular formula is C14H21N3O. The van der Waals surface area contributed by atoms with Crippen molar-refractivity contribution in [3.05, 3.63) is 29.3 Å². The van der Waals surface area contributed by atoms with E-state index in [1.54, 1.807) is 0 Å². The zero-order valence-corrected chi connectivity index (χ0v) is 10.9. The molecule has 0 saturated heterocycles. The minimum Gasteiger partial charge on any atom is -0.493 e. The van der Waals surface area contributed by atoms with Crippen molar-refractivity contribution >= 4 is 5.84 Å². The summed E-state index contributed by atoms with van der Waals surface area (Å²) in [6.07, 6.45) is 2.71. The first-order valence-electron chi connectivity index (χ1n) is 6.41. The first kappa shape index (κ1) is 12.9. The van der Waals surface area contributed by atoms with E-state index < -0.39 is 0 Å². The predicted octanol–water partition coefficient (Wildman–Crippen LogP) is 1.42. The topological polar surface area (TPSA) is 62.3 Å². The molecule has 0 aromatic heterocycles. The molecule has 0 fully saturated rings. The summed E-state index contributed by atoms with van der Waals surface area (Å²) in [5.74, 6) is 1.31. The lowest BCUT2D eigenvalue weighted by Crippen LogP contribution is -2.26. The average Bonchev–Trinajstić information content (AvgIpc) is 2.81. The molecule has 1 aromatic rings. The number of ether oxygens (including phenoxy) is 1. The molecule has 1 heterocycles. The fraction of sp³-hybridized carbons (Fsp3) is 0.500. The number of nitrogens with two attached hydrogens (primary N) is 1. The van der Waals surface area contributed by atoms with Crippen molar-refractivity contribution in [2.75, 3.05) is 26.7 Å². The van der Waals surface area contributed by atoms with E-state index in [-0.39, 0.29) is 5.84 Å². The summed E-state index contributed by atoms with van der Waals surface area (Å²) >= 11 is 0. The highest BCUT2D eigenvalue weighted by atomic mass is 16.5. The number of hydrogen-bond acceptors (Lipinski definition) is 3. The number of benzene rings is 1. The zero-order valence-electron chi connectivity index (χ0n) is 10.9. The number of amidine groups is 1. The number of likely N-dealkylation sites (N-methyl/N-ethyl adjacent to an activating group) is 1. The van der Waals surface area contributed by atoms with E-state index in [0.717, 1.165) is 38.3 Å². The molecule has 0 bridgehead atoms. The summed E-state index contributed by atoms with van der Waals surface area (Å²) in [6.45, 7) is 2.66.